The van der Waals surface area contributed by atoms with Gasteiger partial charge in [0.15, 0.2) is 12.2 Å². The van der Waals surface area contributed by atoms with Crippen molar-refractivity contribution >= 4 is 18.1 Å². The fourth-order valence-corrected chi connectivity index (χ4v) is 2.23. The van der Waals surface area contributed by atoms with Crippen molar-refractivity contribution in [3.05, 3.63) is 42.5 Å². The maximum Gasteiger partial charge on any atom is 0.236 e. The number of nitrogens with one attached hydrogen (secondary N) is 1. The second-order valence-electron chi connectivity index (χ2n) is 4.37. The van der Waals surface area contributed by atoms with Crippen molar-refractivity contribution in [1.82, 2.24) is 4.72 Å². The van der Waals surface area contributed by atoms with E-state index in [0.717, 1.165) is 30.8 Å². The highest BCUT2D eigenvalue weighted by atomic mass is 32.2. The van der Waals surface area contributed by atoms with E-state index in [1.54, 1.807) is 0 Å². The average molecular weight is 263 g/mol. The third-order valence-electron chi connectivity index (χ3n) is 3.09. The minimum absolute atomic E-state index is 0.0232. The Labute approximate surface area is 112 Å². The minimum atomic E-state index is 0.0232. The van der Waals surface area contributed by atoms with Crippen LogP contribution in [0.15, 0.2) is 36.9 Å². The maximum atomic E-state index is 11.6. The van der Waals surface area contributed by atoms with Crippen LogP contribution in [0.2, 0.25) is 0 Å². The zero-order valence-electron chi connectivity index (χ0n) is 10.4. The van der Waals surface area contributed by atoms with Gasteiger partial charge in [0.1, 0.15) is 5.75 Å². The summed E-state index contributed by atoms with van der Waals surface area (Å²) >= 11 is 0.975. The topological polar surface area (TPSA) is 38.3 Å². The zero-order chi connectivity index (χ0) is 13.0. The Kier molecular flexibility index (Phi) is 4.31. The molecule has 18 heavy (non-hydrogen) atoms. The first kappa shape index (κ1) is 13.0. The molecular weight excluding hydrogens is 246 g/mol. The SMILES string of the molecule is C=C[C@@H]1C[C@@H]1C(=O)NSOc1ccc(CC)cc1. The fourth-order valence-electron chi connectivity index (χ4n) is 1.74. The van der Waals surface area contributed by atoms with Crippen molar-refractivity contribution < 1.29 is 8.98 Å². The van der Waals surface area contributed by atoms with Gasteiger partial charge in [0.2, 0.25) is 5.91 Å². The zero-order valence-corrected chi connectivity index (χ0v) is 11.2. The molecule has 0 bridgehead atoms. The van der Waals surface area contributed by atoms with E-state index >= 15 is 0 Å². The van der Waals surface area contributed by atoms with E-state index in [9.17, 15) is 4.79 Å². The molecule has 0 radical (unpaired) electrons. The molecule has 3 nitrogen and oxygen atoms in total. The molecule has 0 spiro atoms. The molecule has 1 fully saturated rings. The minimum Gasteiger partial charge on any atom is -0.405 e. The maximum absolute atomic E-state index is 11.6. The lowest BCUT2D eigenvalue weighted by Crippen LogP contribution is -2.19. The first-order chi connectivity index (χ1) is 8.74. The van der Waals surface area contributed by atoms with Crippen molar-refractivity contribution in [2.75, 3.05) is 0 Å². The van der Waals surface area contributed by atoms with Gasteiger partial charge in [0.05, 0.1) is 0 Å². The molecule has 1 aliphatic rings. The van der Waals surface area contributed by atoms with Gasteiger partial charge < -0.3 is 4.18 Å². The number of carbonyl (C=O) groups excluding carboxylic acids is 1. The number of allylic oxidation sites excluding steroid dienone is 1. The molecule has 0 heterocycles. The van der Waals surface area contributed by atoms with Gasteiger partial charge >= 0.3 is 0 Å². The van der Waals surface area contributed by atoms with Crippen molar-refractivity contribution in [2.45, 2.75) is 19.8 Å². The molecule has 1 saturated carbocycles. The number of hydrogen-bond acceptors (Lipinski definition) is 3. The van der Waals surface area contributed by atoms with E-state index in [-0.39, 0.29) is 11.8 Å². The number of aryl methyl sites for hydroxylation is 1. The summed E-state index contributed by atoms with van der Waals surface area (Å²) in [6.07, 6.45) is 3.75. The summed E-state index contributed by atoms with van der Waals surface area (Å²) in [4.78, 5) is 11.6. The van der Waals surface area contributed by atoms with Gasteiger partial charge in [0.25, 0.3) is 0 Å². The van der Waals surface area contributed by atoms with Crippen LogP contribution < -0.4 is 8.91 Å². The van der Waals surface area contributed by atoms with Gasteiger partial charge in [0, 0.05) is 5.92 Å². The van der Waals surface area contributed by atoms with Crippen LogP contribution in [0.5, 0.6) is 5.75 Å². The molecule has 0 aromatic heterocycles. The van der Waals surface area contributed by atoms with Gasteiger partial charge in [-0.25, -0.2) is 0 Å². The number of carbonyl (C=O) groups is 1. The van der Waals surface area contributed by atoms with E-state index in [4.69, 9.17) is 4.18 Å². The first-order valence-electron chi connectivity index (χ1n) is 6.09. The highest BCUT2D eigenvalue weighted by molar-refractivity contribution is 7.93. The molecule has 4 heteroatoms. The van der Waals surface area contributed by atoms with E-state index in [0.29, 0.717) is 5.92 Å². The molecule has 0 unspecified atom stereocenters. The lowest BCUT2D eigenvalue weighted by molar-refractivity contribution is -0.120. The van der Waals surface area contributed by atoms with E-state index in [1.165, 1.54) is 5.56 Å². The molecule has 1 aromatic carbocycles. The Balaban J connectivity index is 1.71. The fraction of sp³-hybridized carbons (Fsp3) is 0.357. The smallest absolute Gasteiger partial charge is 0.236 e. The van der Waals surface area contributed by atoms with Gasteiger partial charge in [-0.15, -0.1) is 6.58 Å². The van der Waals surface area contributed by atoms with Crippen molar-refractivity contribution in [3.8, 4) is 5.75 Å². The Morgan fingerprint density at radius 2 is 2.28 bits per heavy atom. The van der Waals surface area contributed by atoms with Gasteiger partial charge in [-0.3, -0.25) is 9.52 Å². The van der Waals surface area contributed by atoms with Crippen molar-refractivity contribution in [1.29, 1.82) is 0 Å². The van der Waals surface area contributed by atoms with Crippen LogP contribution in [0.25, 0.3) is 0 Å². The molecular formula is C14H17NO2S. The Hall–Kier alpha value is -1.42. The summed E-state index contributed by atoms with van der Waals surface area (Å²) < 4.78 is 8.08. The molecule has 96 valence electrons. The lowest BCUT2D eigenvalue weighted by Gasteiger charge is -2.05. The number of rotatable bonds is 6. The van der Waals surface area contributed by atoms with Crippen LogP contribution in [0.1, 0.15) is 18.9 Å². The molecule has 0 aliphatic heterocycles. The third-order valence-corrected chi connectivity index (χ3v) is 3.65. The summed E-state index contributed by atoms with van der Waals surface area (Å²) in [5.41, 5.74) is 1.27. The van der Waals surface area contributed by atoms with Crippen molar-refractivity contribution in [3.63, 3.8) is 0 Å². The van der Waals surface area contributed by atoms with E-state index in [2.05, 4.69) is 18.2 Å². The molecule has 1 aliphatic carbocycles. The molecule has 2 rings (SSSR count). The summed E-state index contributed by atoms with van der Waals surface area (Å²) in [5.74, 6) is 1.19. The molecule has 1 aromatic rings. The molecule has 2 atom stereocenters. The monoisotopic (exact) mass is 263 g/mol. The summed E-state index contributed by atoms with van der Waals surface area (Å²) in [6, 6.07) is 7.85. The van der Waals surface area contributed by atoms with Crippen LogP contribution in [-0.2, 0) is 11.2 Å². The lowest BCUT2D eigenvalue weighted by atomic mass is 10.2. The third kappa shape index (κ3) is 3.29. The number of hydrogen-bond donors (Lipinski definition) is 1. The second-order valence-corrected chi connectivity index (χ2v) is 4.91. The van der Waals surface area contributed by atoms with E-state index < -0.39 is 0 Å². The Morgan fingerprint density at radius 3 is 2.83 bits per heavy atom. The van der Waals surface area contributed by atoms with Gasteiger partial charge in [-0.1, -0.05) is 25.1 Å². The van der Waals surface area contributed by atoms with Crippen LogP contribution in [-0.4, -0.2) is 5.91 Å². The molecule has 1 N–H and O–H groups in total. The normalized spacial score (nSPS) is 21.2. The number of amides is 1. The summed E-state index contributed by atoms with van der Waals surface area (Å²) in [6.45, 7) is 5.79. The predicted molar refractivity (Wildman–Crippen MR) is 74.0 cm³/mol. The van der Waals surface area contributed by atoms with Crippen LogP contribution in [0.3, 0.4) is 0 Å². The van der Waals surface area contributed by atoms with Crippen LogP contribution >= 0.6 is 12.2 Å². The second kappa shape index (κ2) is 5.96. The van der Waals surface area contributed by atoms with Gasteiger partial charge in [-0.05, 0) is 36.5 Å². The van der Waals surface area contributed by atoms with E-state index in [1.807, 2.05) is 30.3 Å². The standard InChI is InChI=1S/C14H17NO2S/c1-3-10-5-7-12(8-6-10)17-18-15-14(16)13-9-11(13)4-2/h4-8,11,13H,2-3,9H2,1H3,(H,15,16)/t11-,13+/m1/s1. The first-order valence-corrected chi connectivity index (χ1v) is 6.83. The highest BCUT2D eigenvalue weighted by Gasteiger charge is 2.40. The molecule has 1 amide bonds. The van der Waals surface area contributed by atoms with Crippen LogP contribution in [0.4, 0.5) is 0 Å². The molecule has 0 saturated heterocycles. The van der Waals surface area contributed by atoms with Crippen molar-refractivity contribution in [2.24, 2.45) is 11.8 Å². The van der Waals surface area contributed by atoms with Gasteiger partial charge in [-0.2, -0.15) is 0 Å². The number of benzene rings is 1. The summed E-state index contributed by atoms with van der Waals surface area (Å²) in [5, 5.41) is 0. The Morgan fingerprint density at radius 1 is 1.56 bits per heavy atom. The predicted octanol–water partition coefficient (Wildman–Crippen LogP) is 3.13. The van der Waals surface area contributed by atoms with Crippen LogP contribution in [0, 0.1) is 11.8 Å². The summed E-state index contributed by atoms with van der Waals surface area (Å²) in [7, 11) is 0. The highest BCUT2D eigenvalue weighted by Crippen LogP contribution is 2.39. The quantitative estimate of drug-likeness (QED) is 0.487. The Bertz CT molecular complexity index is 430. The average Bonchev–Trinajstić information content (AvgIpc) is 3.19. The largest absolute Gasteiger partial charge is 0.405 e.